The Balaban J connectivity index is 2.07. The highest BCUT2D eigenvalue weighted by molar-refractivity contribution is 8.07. The molecule has 1 aromatic carbocycles. The summed E-state index contributed by atoms with van der Waals surface area (Å²) in [5.41, 5.74) is 2.31. The van der Waals surface area contributed by atoms with Gasteiger partial charge in [0.15, 0.2) is 0 Å². The largest absolute Gasteiger partial charge is 0.316 e. The molecule has 0 saturated carbocycles. The van der Waals surface area contributed by atoms with Crippen LogP contribution in [0.5, 0.6) is 0 Å². The van der Waals surface area contributed by atoms with Gasteiger partial charge in [-0.05, 0) is 43.7 Å². The van der Waals surface area contributed by atoms with Crippen LogP contribution in [-0.2, 0) is 6.42 Å². The summed E-state index contributed by atoms with van der Waals surface area (Å²) in [4.78, 5) is 0. The Morgan fingerprint density at radius 1 is 1.35 bits per heavy atom. The molecule has 0 radical (unpaired) electrons. The molecule has 4 unspecified atom stereocenters. The van der Waals surface area contributed by atoms with E-state index in [0.29, 0.717) is 16.5 Å². The van der Waals surface area contributed by atoms with E-state index in [4.69, 9.17) is 0 Å². The van der Waals surface area contributed by atoms with Crippen LogP contribution in [0.4, 0.5) is 4.39 Å². The lowest BCUT2D eigenvalue weighted by molar-refractivity contribution is 0.549. The fourth-order valence-corrected chi connectivity index (χ4v) is 5.70. The minimum absolute atomic E-state index is 0.131. The standard InChI is InChI=1S/C16H24FNS2/c1-10-5-6-14(17)7-13(10)8-15(18-4)16-9-19-11(2)12(3)20-16/h5-7,11-12,15-16,18H,8-9H2,1-4H3. The summed E-state index contributed by atoms with van der Waals surface area (Å²) < 4.78 is 13.4. The molecule has 1 aliphatic heterocycles. The SMILES string of the molecule is CNC(Cc1cc(F)ccc1C)C1CSC(C)C(C)S1. The van der Waals surface area contributed by atoms with Gasteiger partial charge in [-0.2, -0.15) is 23.5 Å². The second-order valence-corrected chi connectivity index (χ2v) is 8.62. The Labute approximate surface area is 130 Å². The maximum Gasteiger partial charge on any atom is 0.123 e. The molecule has 1 N–H and O–H groups in total. The fourth-order valence-electron chi connectivity index (χ4n) is 2.54. The van der Waals surface area contributed by atoms with E-state index in [0.717, 1.165) is 17.2 Å². The van der Waals surface area contributed by atoms with Crippen LogP contribution < -0.4 is 5.32 Å². The lowest BCUT2D eigenvalue weighted by atomic mass is 9.99. The molecule has 0 amide bonds. The molecule has 1 heterocycles. The monoisotopic (exact) mass is 313 g/mol. The predicted molar refractivity (Wildman–Crippen MR) is 90.4 cm³/mol. The Hall–Kier alpha value is -0.190. The third-order valence-corrected chi connectivity index (χ3v) is 7.70. The van der Waals surface area contributed by atoms with Crippen molar-refractivity contribution in [2.75, 3.05) is 12.8 Å². The first-order chi connectivity index (χ1) is 9.51. The molecule has 2 rings (SSSR count). The van der Waals surface area contributed by atoms with Gasteiger partial charge in [0.05, 0.1) is 0 Å². The minimum Gasteiger partial charge on any atom is -0.316 e. The lowest BCUT2D eigenvalue weighted by Crippen LogP contribution is -2.43. The van der Waals surface area contributed by atoms with Crippen molar-refractivity contribution in [3.05, 3.63) is 35.1 Å². The van der Waals surface area contributed by atoms with E-state index >= 15 is 0 Å². The van der Waals surface area contributed by atoms with Crippen LogP contribution in [0.15, 0.2) is 18.2 Å². The zero-order chi connectivity index (χ0) is 14.7. The van der Waals surface area contributed by atoms with E-state index in [-0.39, 0.29) is 5.82 Å². The van der Waals surface area contributed by atoms with Crippen molar-refractivity contribution in [1.29, 1.82) is 0 Å². The average Bonchev–Trinajstić information content (AvgIpc) is 2.43. The third-order valence-electron chi connectivity index (χ3n) is 4.14. The maximum absolute atomic E-state index is 13.4. The van der Waals surface area contributed by atoms with E-state index in [1.54, 1.807) is 12.1 Å². The van der Waals surface area contributed by atoms with Gasteiger partial charge < -0.3 is 5.32 Å². The van der Waals surface area contributed by atoms with Gasteiger partial charge in [0, 0.05) is 27.5 Å². The van der Waals surface area contributed by atoms with E-state index in [1.807, 2.05) is 13.1 Å². The van der Waals surface area contributed by atoms with Crippen LogP contribution >= 0.6 is 23.5 Å². The fraction of sp³-hybridized carbons (Fsp3) is 0.625. The molecule has 0 bridgehead atoms. The van der Waals surface area contributed by atoms with E-state index in [2.05, 4.69) is 49.6 Å². The average molecular weight is 314 g/mol. The molecule has 4 heteroatoms. The number of thioether (sulfide) groups is 2. The van der Waals surface area contributed by atoms with Crippen molar-refractivity contribution in [3.8, 4) is 0 Å². The highest BCUT2D eigenvalue weighted by Gasteiger charge is 2.30. The van der Waals surface area contributed by atoms with Crippen molar-refractivity contribution >= 4 is 23.5 Å². The van der Waals surface area contributed by atoms with Gasteiger partial charge in [0.25, 0.3) is 0 Å². The molecule has 0 spiro atoms. The summed E-state index contributed by atoms with van der Waals surface area (Å²) in [6, 6.07) is 5.52. The van der Waals surface area contributed by atoms with Crippen molar-refractivity contribution < 1.29 is 4.39 Å². The number of hydrogen-bond acceptors (Lipinski definition) is 3. The van der Waals surface area contributed by atoms with Crippen LogP contribution in [0.25, 0.3) is 0 Å². The van der Waals surface area contributed by atoms with Gasteiger partial charge in [-0.1, -0.05) is 19.9 Å². The van der Waals surface area contributed by atoms with Crippen LogP contribution in [-0.4, -0.2) is 34.6 Å². The smallest absolute Gasteiger partial charge is 0.123 e. The first kappa shape index (κ1) is 16.2. The number of aryl methyl sites for hydroxylation is 1. The first-order valence-electron chi connectivity index (χ1n) is 7.20. The quantitative estimate of drug-likeness (QED) is 0.906. The Bertz CT molecular complexity index is 452. The van der Waals surface area contributed by atoms with Gasteiger partial charge in [-0.3, -0.25) is 0 Å². The van der Waals surface area contributed by atoms with Gasteiger partial charge in [-0.25, -0.2) is 4.39 Å². The number of benzene rings is 1. The molecule has 4 atom stereocenters. The van der Waals surface area contributed by atoms with Crippen molar-refractivity contribution in [2.45, 2.75) is 49.0 Å². The van der Waals surface area contributed by atoms with Crippen LogP contribution in [0, 0.1) is 12.7 Å². The predicted octanol–water partition coefficient (Wildman–Crippen LogP) is 3.89. The molecule has 0 aliphatic carbocycles. The van der Waals surface area contributed by atoms with Gasteiger partial charge in [0.2, 0.25) is 0 Å². The highest BCUT2D eigenvalue weighted by atomic mass is 32.2. The van der Waals surface area contributed by atoms with E-state index < -0.39 is 0 Å². The molecular weight excluding hydrogens is 289 g/mol. The van der Waals surface area contributed by atoms with Gasteiger partial charge in [-0.15, -0.1) is 0 Å². The third kappa shape index (κ3) is 3.92. The summed E-state index contributed by atoms with van der Waals surface area (Å²) >= 11 is 4.14. The molecule has 112 valence electrons. The van der Waals surface area contributed by atoms with E-state index in [1.165, 1.54) is 11.3 Å². The second-order valence-electron chi connectivity index (χ2n) is 5.59. The summed E-state index contributed by atoms with van der Waals surface area (Å²) in [6.45, 7) is 6.69. The molecule has 1 aliphatic rings. The molecule has 1 aromatic rings. The Morgan fingerprint density at radius 3 is 2.75 bits per heavy atom. The first-order valence-corrected chi connectivity index (χ1v) is 9.19. The van der Waals surface area contributed by atoms with Crippen LogP contribution in [0.3, 0.4) is 0 Å². The normalized spacial score (nSPS) is 28.4. The number of halogens is 1. The summed E-state index contributed by atoms with van der Waals surface area (Å²) in [6.07, 6.45) is 0.902. The number of nitrogens with one attached hydrogen (secondary N) is 1. The van der Waals surface area contributed by atoms with Crippen LogP contribution in [0.2, 0.25) is 0 Å². The summed E-state index contributed by atoms with van der Waals surface area (Å²) in [5, 5.41) is 5.45. The van der Waals surface area contributed by atoms with Gasteiger partial charge in [0.1, 0.15) is 5.82 Å². The van der Waals surface area contributed by atoms with Crippen molar-refractivity contribution in [1.82, 2.24) is 5.32 Å². The molecular formula is C16H24FNS2. The zero-order valence-corrected chi connectivity index (χ0v) is 14.3. The maximum atomic E-state index is 13.4. The van der Waals surface area contributed by atoms with Crippen LogP contribution in [0.1, 0.15) is 25.0 Å². The molecule has 1 fully saturated rings. The van der Waals surface area contributed by atoms with Crippen molar-refractivity contribution in [2.24, 2.45) is 0 Å². The zero-order valence-electron chi connectivity index (χ0n) is 12.7. The van der Waals surface area contributed by atoms with Gasteiger partial charge >= 0.3 is 0 Å². The second kappa shape index (κ2) is 7.19. The molecule has 1 saturated heterocycles. The number of hydrogen-bond donors (Lipinski definition) is 1. The lowest BCUT2D eigenvalue weighted by Gasteiger charge is -2.36. The summed E-state index contributed by atoms with van der Waals surface area (Å²) in [7, 11) is 2.02. The number of likely N-dealkylation sites (N-methyl/N-ethyl adjacent to an activating group) is 1. The Kier molecular flexibility index (Phi) is 5.82. The molecule has 0 aromatic heterocycles. The Morgan fingerprint density at radius 2 is 2.10 bits per heavy atom. The molecule has 20 heavy (non-hydrogen) atoms. The minimum atomic E-state index is -0.131. The van der Waals surface area contributed by atoms with E-state index in [9.17, 15) is 4.39 Å². The van der Waals surface area contributed by atoms with Crippen molar-refractivity contribution in [3.63, 3.8) is 0 Å². The topological polar surface area (TPSA) is 12.0 Å². The summed E-state index contributed by atoms with van der Waals surface area (Å²) in [5.74, 6) is 1.05. The number of rotatable bonds is 4. The highest BCUT2D eigenvalue weighted by Crippen LogP contribution is 2.37. The molecule has 1 nitrogen and oxygen atoms in total.